The van der Waals surface area contributed by atoms with E-state index in [1.165, 1.54) is 29.5 Å². The average molecular weight is 417 g/mol. The summed E-state index contributed by atoms with van der Waals surface area (Å²) in [6.07, 6.45) is -1.88. The first kappa shape index (κ1) is 17.6. The van der Waals surface area contributed by atoms with Gasteiger partial charge in [-0.05, 0) is 35.7 Å². The quantitative estimate of drug-likeness (QED) is 0.499. The highest BCUT2D eigenvalue weighted by Gasteiger charge is 2.62. The fourth-order valence-electron chi connectivity index (χ4n) is 2.85. The minimum absolute atomic E-state index is 0.0983. The lowest BCUT2D eigenvalue weighted by atomic mass is 9.88. The van der Waals surface area contributed by atoms with E-state index in [2.05, 4.69) is 10.1 Å². The highest BCUT2D eigenvalue weighted by Crippen LogP contribution is 2.50. The maximum absolute atomic E-state index is 14.0. The van der Waals surface area contributed by atoms with Crippen LogP contribution in [0.2, 0.25) is 10.0 Å². The zero-order valence-electron chi connectivity index (χ0n) is 12.8. The third-order valence-electron chi connectivity index (χ3n) is 4.12. The lowest BCUT2D eigenvalue weighted by Crippen LogP contribution is -2.42. The molecule has 0 N–H and O–H groups in total. The molecule has 0 spiro atoms. The molecule has 3 nitrogen and oxygen atoms in total. The molecule has 3 heterocycles. The van der Waals surface area contributed by atoms with Gasteiger partial charge in [0.2, 0.25) is 0 Å². The number of hydrogen-bond donors (Lipinski definition) is 0. The van der Waals surface area contributed by atoms with Crippen molar-refractivity contribution in [2.45, 2.75) is 18.2 Å². The summed E-state index contributed by atoms with van der Waals surface area (Å²) in [7, 11) is 0. The van der Waals surface area contributed by atoms with Crippen molar-refractivity contribution in [2.75, 3.05) is 0 Å². The summed E-state index contributed by atoms with van der Waals surface area (Å²) in [4.78, 5) is 9.62. The summed E-state index contributed by atoms with van der Waals surface area (Å²) in [5.74, 6) is 0. The van der Waals surface area contributed by atoms with Crippen LogP contribution >= 0.6 is 34.5 Å². The predicted octanol–water partition coefficient (Wildman–Crippen LogP) is 6.19. The molecule has 0 aliphatic carbocycles. The Labute approximate surface area is 160 Å². The standard InChI is InChI=1S/C17H9Cl2F3N2OS/c18-11-4-10(5-12(19)6-11)16(17(20,21)22)7-13(24-25-16)14-3-9-1-2-23-8-15(9)26-14/h1-6,8H,7H2. The van der Waals surface area contributed by atoms with E-state index < -0.39 is 18.2 Å². The van der Waals surface area contributed by atoms with Gasteiger partial charge < -0.3 is 4.84 Å². The summed E-state index contributed by atoms with van der Waals surface area (Å²) < 4.78 is 42.8. The molecule has 1 aromatic carbocycles. The zero-order chi connectivity index (χ0) is 18.5. The van der Waals surface area contributed by atoms with Gasteiger partial charge in [-0.3, -0.25) is 4.98 Å². The van der Waals surface area contributed by atoms with Crippen molar-refractivity contribution in [1.29, 1.82) is 0 Å². The number of benzene rings is 1. The maximum atomic E-state index is 14.0. The van der Waals surface area contributed by atoms with E-state index in [0.717, 1.165) is 10.1 Å². The monoisotopic (exact) mass is 416 g/mol. The number of alkyl halides is 3. The van der Waals surface area contributed by atoms with Crippen LogP contribution in [0.5, 0.6) is 0 Å². The minimum atomic E-state index is -4.70. The van der Waals surface area contributed by atoms with Crippen LogP contribution in [0.1, 0.15) is 16.9 Å². The van der Waals surface area contributed by atoms with Gasteiger partial charge in [0.05, 0.1) is 16.0 Å². The van der Waals surface area contributed by atoms with Gasteiger partial charge >= 0.3 is 6.18 Å². The number of thiophene rings is 1. The van der Waals surface area contributed by atoms with Crippen molar-refractivity contribution in [3.05, 3.63) is 63.2 Å². The van der Waals surface area contributed by atoms with E-state index in [9.17, 15) is 13.2 Å². The number of hydrogen-bond acceptors (Lipinski definition) is 4. The second-order valence-electron chi connectivity index (χ2n) is 5.81. The van der Waals surface area contributed by atoms with E-state index >= 15 is 0 Å². The topological polar surface area (TPSA) is 34.5 Å². The van der Waals surface area contributed by atoms with Crippen LogP contribution in [0, 0.1) is 0 Å². The highest BCUT2D eigenvalue weighted by atomic mass is 35.5. The summed E-state index contributed by atoms with van der Waals surface area (Å²) in [5, 5.41) is 4.84. The molecule has 1 aliphatic rings. The van der Waals surface area contributed by atoms with Gasteiger partial charge in [0.1, 0.15) is 5.71 Å². The van der Waals surface area contributed by atoms with Gasteiger partial charge in [0.25, 0.3) is 5.60 Å². The van der Waals surface area contributed by atoms with Crippen LogP contribution < -0.4 is 0 Å². The fourth-order valence-corrected chi connectivity index (χ4v) is 4.38. The molecule has 26 heavy (non-hydrogen) atoms. The van der Waals surface area contributed by atoms with Gasteiger partial charge in [-0.2, -0.15) is 13.2 Å². The molecule has 0 amide bonds. The summed E-state index contributed by atoms with van der Waals surface area (Å²) >= 11 is 13.1. The van der Waals surface area contributed by atoms with Crippen LogP contribution in [0.25, 0.3) is 10.1 Å². The minimum Gasteiger partial charge on any atom is -0.374 e. The smallest absolute Gasteiger partial charge is 0.374 e. The molecule has 134 valence electrons. The van der Waals surface area contributed by atoms with Crippen LogP contribution in [-0.4, -0.2) is 16.9 Å². The summed E-state index contributed by atoms with van der Waals surface area (Å²) in [6, 6.07) is 7.34. The van der Waals surface area contributed by atoms with E-state index in [0.29, 0.717) is 4.88 Å². The predicted molar refractivity (Wildman–Crippen MR) is 96.1 cm³/mol. The molecule has 1 unspecified atom stereocenters. The van der Waals surface area contributed by atoms with Gasteiger partial charge in [-0.1, -0.05) is 28.4 Å². The number of fused-ring (bicyclic) bond motifs is 1. The first-order chi connectivity index (χ1) is 12.3. The average Bonchev–Trinajstić information content (AvgIpc) is 3.18. The van der Waals surface area contributed by atoms with E-state index in [-0.39, 0.29) is 21.3 Å². The first-order valence-electron chi connectivity index (χ1n) is 7.41. The molecule has 4 rings (SSSR count). The van der Waals surface area contributed by atoms with Crippen LogP contribution in [0.15, 0.2) is 47.9 Å². The maximum Gasteiger partial charge on any atom is 0.435 e. The number of halogens is 5. The Morgan fingerprint density at radius 3 is 2.50 bits per heavy atom. The molecule has 1 aliphatic heterocycles. The number of pyridine rings is 1. The number of rotatable bonds is 2. The van der Waals surface area contributed by atoms with E-state index in [4.69, 9.17) is 28.0 Å². The molecule has 0 saturated carbocycles. The second kappa shape index (κ2) is 6.11. The molecular weight excluding hydrogens is 408 g/mol. The van der Waals surface area contributed by atoms with Gasteiger partial charge in [0.15, 0.2) is 0 Å². The van der Waals surface area contributed by atoms with Crippen molar-refractivity contribution in [3.63, 3.8) is 0 Å². The third-order valence-corrected chi connectivity index (χ3v) is 5.69. The Morgan fingerprint density at radius 1 is 1.12 bits per heavy atom. The van der Waals surface area contributed by atoms with Gasteiger partial charge in [0, 0.05) is 28.0 Å². The molecule has 0 saturated heterocycles. The molecule has 0 radical (unpaired) electrons. The first-order valence-corrected chi connectivity index (χ1v) is 8.98. The highest BCUT2D eigenvalue weighted by molar-refractivity contribution is 7.20. The summed E-state index contributed by atoms with van der Waals surface area (Å²) in [5.41, 5.74) is -2.57. The Bertz CT molecular complexity index is 981. The third kappa shape index (κ3) is 2.84. The molecule has 3 aromatic rings. The van der Waals surface area contributed by atoms with Crippen LogP contribution in [0.3, 0.4) is 0 Å². The van der Waals surface area contributed by atoms with Crippen molar-refractivity contribution < 1.29 is 18.0 Å². The molecule has 0 fully saturated rings. The lowest BCUT2D eigenvalue weighted by Gasteiger charge is -2.29. The lowest BCUT2D eigenvalue weighted by molar-refractivity contribution is -0.275. The Balaban J connectivity index is 1.77. The molecule has 9 heteroatoms. The van der Waals surface area contributed by atoms with Gasteiger partial charge in [-0.25, -0.2) is 0 Å². The van der Waals surface area contributed by atoms with E-state index in [1.54, 1.807) is 24.5 Å². The molecule has 1 atom stereocenters. The second-order valence-corrected chi connectivity index (χ2v) is 7.77. The van der Waals surface area contributed by atoms with Crippen molar-refractivity contribution in [1.82, 2.24) is 4.98 Å². The normalized spacial score (nSPS) is 20.3. The molecular formula is C17H9Cl2F3N2OS. The number of aromatic nitrogens is 1. The zero-order valence-corrected chi connectivity index (χ0v) is 15.2. The fraction of sp³-hybridized carbons (Fsp3) is 0.176. The van der Waals surface area contributed by atoms with Crippen molar-refractivity contribution >= 4 is 50.3 Å². The Kier molecular flexibility index (Phi) is 4.13. The largest absolute Gasteiger partial charge is 0.435 e. The Morgan fingerprint density at radius 2 is 1.85 bits per heavy atom. The SMILES string of the molecule is FC(F)(F)C1(c2cc(Cl)cc(Cl)c2)CC(c2cc3ccncc3s2)=NO1. The van der Waals surface area contributed by atoms with Crippen molar-refractivity contribution in [3.8, 4) is 0 Å². The van der Waals surface area contributed by atoms with Crippen LogP contribution in [-0.2, 0) is 10.4 Å². The number of oxime groups is 1. The van der Waals surface area contributed by atoms with Crippen LogP contribution in [0.4, 0.5) is 13.2 Å². The summed E-state index contributed by atoms with van der Waals surface area (Å²) in [6.45, 7) is 0. The van der Waals surface area contributed by atoms with E-state index in [1.807, 2.05) is 0 Å². The Hall–Kier alpha value is -1.83. The number of nitrogens with zero attached hydrogens (tertiary/aromatic N) is 2. The molecule has 0 bridgehead atoms. The molecule has 2 aromatic heterocycles. The van der Waals surface area contributed by atoms with Gasteiger partial charge in [-0.15, -0.1) is 11.3 Å². The van der Waals surface area contributed by atoms with Crippen molar-refractivity contribution in [2.24, 2.45) is 5.16 Å².